The number of hydrogen-bond donors (Lipinski definition) is 1. The normalized spacial score (nSPS) is 14.8. The number of anilines is 1. The summed E-state index contributed by atoms with van der Waals surface area (Å²) in [6, 6.07) is 15.6. The van der Waals surface area contributed by atoms with Crippen molar-refractivity contribution in [3.8, 4) is 0 Å². The zero-order valence-corrected chi connectivity index (χ0v) is 17.4. The minimum Gasteiger partial charge on any atom is -0.460 e. The zero-order chi connectivity index (χ0) is 21.1. The summed E-state index contributed by atoms with van der Waals surface area (Å²) in [7, 11) is 0. The van der Waals surface area contributed by atoms with Gasteiger partial charge in [-0.3, -0.25) is 4.79 Å². The molecule has 1 aliphatic rings. The fraction of sp³-hybridized carbons (Fsp3) is 0.333. The molecule has 3 aromatic rings. The van der Waals surface area contributed by atoms with Crippen molar-refractivity contribution in [2.45, 2.75) is 20.4 Å². The maximum absolute atomic E-state index is 12.4. The van der Waals surface area contributed by atoms with Gasteiger partial charge in [0, 0.05) is 16.6 Å². The van der Waals surface area contributed by atoms with Crippen molar-refractivity contribution in [2.75, 3.05) is 37.7 Å². The van der Waals surface area contributed by atoms with E-state index in [1.165, 1.54) is 4.90 Å². The van der Waals surface area contributed by atoms with Gasteiger partial charge in [0.05, 0.1) is 38.3 Å². The highest BCUT2D eigenvalue weighted by Crippen LogP contribution is 2.26. The van der Waals surface area contributed by atoms with E-state index in [9.17, 15) is 9.59 Å². The number of piperazine rings is 1. The molecule has 1 aliphatic heterocycles. The Bertz CT molecular complexity index is 1050. The Balaban J connectivity index is 1.47. The first-order valence-electron chi connectivity index (χ1n) is 10.4. The van der Waals surface area contributed by atoms with Gasteiger partial charge in [-0.25, -0.2) is 4.79 Å². The molecule has 0 atom stereocenters. The van der Waals surface area contributed by atoms with Gasteiger partial charge in [0.25, 0.3) is 0 Å². The first-order chi connectivity index (χ1) is 14.6. The van der Waals surface area contributed by atoms with E-state index in [2.05, 4.69) is 4.90 Å². The fourth-order valence-corrected chi connectivity index (χ4v) is 4.05. The van der Waals surface area contributed by atoms with Crippen LogP contribution in [-0.4, -0.2) is 44.5 Å². The molecule has 0 amide bonds. The van der Waals surface area contributed by atoms with Gasteiger partial charge in [-0.1, -0.05) is 18.2 Å². The second kappa shape index (κ2) is 8.71. The standard InChI is InChI=1S/C24H26N2O4/c1-3-29-24(28)23-21(20-6-4-5-7-22(20)30-23)16-25-12-14-26(15-13-25)19-10-8-18(9-11-19)17(2)27/h4-11H,3,12-16H2,1-2H3/p+1. The number of carbonyl (C=O) groups excluding carboxylic acids is 2. The summed E-state index contributed by atoms with van der Waals surface area (Å²) in [4.78, 5) is 27.7. The van der Waals surface area contributed by atoms with Crippen LogP contribution in [0.4, 0.5) is 5.69 Å². The van der Waals surface area contributed by atoms with Gasteiger partial charge in [0.15, 0.2) is 5.78 Å². The Morgan fingerprint density at radius 3 is 2.43 bits per heavy atom. The predicted octanol–water partition coefficient (Wildman–Crippen LogP) is 2.72. The van der Waals surface area contributed by atoms with Crippen LogP contribution < -0.4 is 9.80 Å². The van der Waals surface area contributed by atoms with Crippen LogP contribution in [0.5, 0.6) is 0 Å². The van der Waals surface area contributed by atoms with Crippen LogP contribution in [0.1, 0.15) is 40.3 Å². The Hall–Kier alpha value is -3.12. The summed E-state index contributed by atoms with van der Waals surface area (Å²) < 4.78 is 11.1. The molecule has 1 aromatic heterocycles. The average molecular weight is 407 g/mol. The van der Waals surface area contributed by atoms with E-state index in [1.807, 2.05) is 48.5 Å². The lowest BCUT2D eigenvalue weighted by Crippen LogP contribution is -3.13. The molecular formula is C24H27N2O4+. The molecule has 4 rings (SSSR count). The number of nitrogens with zero attached hydrogens (tertiary/aromatic N) is 1. The highest BCUT2D eigenvalue weighted by atomic mass is 16.5. The van der Waals surface area contributed by atoms with Crippen molar-refractivity contribution in [3.63, 3.8) is 0 Å². The Morgan fingerprint density at radius 1 is 1.07 bits per heavy atom. The van der Waals surface area contributed by atoms with Gasteiger partial charge < -0.3 is 19.0 Å². The number of quaternary nitrogens is 1. The number of furan rings is 1. The van der Waals surface area contributed by atoms with Crippen molar-refractivity contribution in [3.05, 3.63) is 65.4 Å². The van der Waals surface area contributed by atoms with E-state index in [0.29, 0.717) is 12.4 Å². The lowest BCUT2D eigenvalue weighted by molar-refractivity contribution is -0.914. The molecule has 0 unspecified atom stereocenters. The van der Waals surface area contributed by atoms with Crippen molar-refractivity contribution < 1.29 is 23.6 Å². The Kier molecular flexibility index (Phi) is 5.86. The lowest BCUT2D eigenvalue weighted by atomic mass is 10.1. The van der Waals surface area contributed by atoms with Gasteiger partial charge in [0.2, 0.25) is 5.76 Å². The number of hydrogen-bond acceptors (Lipinski definition) is 5. The van der Waals surface area contributed by atoms with E-state index in [-0.39, 0.29) is 5.78 Å². The third-order valence-electron chi connectivity index (χ3n) is 5.70. The van der Waals surface area contributed by atoms with Crippen LogP contribution in [0, 0.1) is 0 Å². The highest BCUT2D eigenvalue weighted by Gasteiger charge is 2.27. The minimum absolute atomic E-state index is 0.0838. The lowest BCUT2D eigenvalue weighted by Gasteiger charge is -2.33. The van der Waals surface area contributed by atoms with Crippen LogP contribution >= 0.6 is 0 Å². The predicted molar refractivity (Wildman–Crippen MR) is 115 cm³/mol. The molecule has 0 radical (unpaired) electrons. The molecule has 0 bridgehead atoms. The largest absolute Gasteiger partial charge is 0.460 e. The number of Topliss-reactive ketones (excluding diaryl/α,β-unsaturated/α-hetero) is 1. The van der Waals surface area contributed by atoms with E-state index >= 15 is 0 Å². The fourth-order valence-electron chi connectivity index (χ4n) is 4.05. The summed E-state index contributed by atoms with van der Waals surface area (Å²) in [5.74, 6) is 0.0145. The SMILES string of the molecule is CCOC(=O)c1oc2ccccc2c1C[NH+]1CCN(c2ccc(C(C)=O)cc2)CC1. The van der Waals surface area contributed by atoms with Crippen molar-refractivity contribution in [1.29, 1.82) is 0 Å². The molecule has 0 aliphatic carbocycles. The zero-order valence-electron chi connectivity index (χ0n) is 17.4. The number of para-hydroxylation sites is 1. The second-order valence-corrected chi connectivity index (χ2v) is 7.64. The summed E-state index contributed by atoms with van der Waals surface area (Å²) in [5.41, 5.74) is 3.53. The molecule has 1 saturated heterocycles. The molecule has 2 aromatic carbocycles. The number of esters is 1. The molecule has 1 N–H and O–H groups in total. The molecule has 2 heterocycles. The first-order valence-corrected chi connectivity index (χ1v) is 10.4. The number of ether oxygens (including phenoxy) is 1. The van der Waals surface area contributed by atoms with Crippen molar-refractivity contribution in [1.82, 2.24) is 0 Å². The smallest absolute Gasteiger partial charge is 0.374 e. The van der Waals surface area contributed by atoms with Gasteiger partial charge in [0.1, 0.15) is 12.1 Å². The van der Waals surface area contributed by atoms with E-state index in [4.69, 9.17) is 9.15 Å². The van der Waals surface area contributed by atoms with Crippen molar-refractivity contribution in [2.24, 2.45) is 0 Å². The van der Waals surface area contributed by atoms with Crippen LogP contribution in [-0.2, 0) is 11.3 Å². The highest BCUT2D eigenvalue weighted by molar-refractivity contribution is 5.96. The second-order valence-electron chi connectivity index (χ2n) is 7.64. The summed E-state index contributed by atoms with van der Waals surface area (Å²) in [6.45, 7) is 8.17. The number of nitrogens with one attached hydrogen (secondary N) is 1. The minimum atomic E-state index is -0.396. The molecule has 0 saturated carbocycles. The Morgan fingerprint density at radius 2 is 1.77 bits per heavy atom. The summed E-state index contributed by atoms with van der Waals surface area (Å²) >= 11 is 0. The molecule has 6 nitrogen and oxygen atoms in total. The van der Waals surface area contributed by atoms with Gasteiger partial charge in [-0.2, -0.15) is 0 Å². The first kappa shape index (κ1) is 20.2. The van der Waals surface area contributed by atoms with Gasteiger partial charge in [-0.05, 0) is 44.2 Å². The average Bonchev–Trinajstić information content (AvgIpc) is 3.13. The van der Waals surface area contributed by atoms with Crippen LogP contribution in [0.25, 0.3) is 11.0 Å². The molecule has 156 valence electrons. The van der Waals surface area contributed by atoms with Gasteiger partial charge in [-0.15, -0.1) is 0 Å². The number of rotatable bonds is 6. The van der Waals surface area contributed by atoms with Crippen molar-refractivity contribution >= 4 is 28.4 Å². The molecule has 6 heteroatoms. The molecule has 1 fully saturated rings. The third kappa shape index (κ3) is 4.09. The van der Waals surface area contributed by atoms with Crippen LogP contribution in [0.15, 0.2) is 52.9 Å². The maximum atomic E-state index is 12.4. The third-order valence-corrected chi connectivity index (χ3v) is 5.70. The summed E-state index contributed by atoms with van der Waals surface area (Å²) in [5, 5.41) is 0.982. The monoisotopic (exact) mass is 407 g/mol. The Labute approximate surface area is 176 Å². The molecule has 0 spiro atoms. The maximum Gasteiger partial charge on any atom is 0.374 e. The van der Waals surface area contributed by atoms with Crippen LogP contribution in [0.2, 0.25) is 0 Å². The van der Waals surface area contributed by atoms with E-state index in [0.717, 1.165) is 60.5 Å². The van der Waals surface area contributed by atoms with Gasteiger partial charge >= 0.3 is 5.97 Å². The molecular weight excluding hydrogens is 380 g/mol. The number of ketones is 1. The number of fused-ring (bicyclic) bond motifs is 1. The summed E-state index contributed by atoms with van der Waals surface area (Å²) in [6.07, 6.45) is 0. The number of carbonyl (C=O) groups is 2. The number of benzene rings is 2. The van der Waals surface area contributed by atoms with E-state index in [1.54, 1.807) is 13.8 Å². The quantitative estimate of drug-likeness (QED) is 0.503. The van der Waals surface area contributed by atoms with Crippen LogP contribution in [0.3, 0.4) is 0 Å². The van der Waals surface area contributed by atoms with E-state index < -0.39 is 5.97 Å². The molecule has 30 heavy (non-hydrogen) atoms. The topological polar surface area (TPSA) is 64.2 Å².